The molecule has 0 aliphatic carbocycles. The third kappa shape index (κ3) is 2.81. The lowest BCUT2D eigenvalue weighted by Gasteiger charge is -2.13. The number of fused-ring (bicyclic) bond motifs is 1. The highest BCUT2D eigenvalue weighted by Crippen LogP contribution is 2.30. The van der Waals surface area contributed by atoms with Crippen LogP contribution in [0.1, 0.15) is 17.9 Å². The van der Waals surface area contributed by atoms with Crippen molar-refractivity contribution < 1.29 is 4.39 Å². The Morgan fingerprint density at radius 2 is 2.12 bits per heavy atom. The van der Waals surface area contributed by atoms with Gasteiger partial charge in [-0.1, -0.05) is 23.7 Å². The van der Waals surface area contributed by atoms with Crippen LogP contribution in [0, 0.1) is 5.82 Å². The van der Waals surface area contributed by atoms with Gasteiger partial charge in [0, 0.05) is 11.9 Å². The van der Waals surface area contributed by atoms with E-state index in [4.69, 9.17) is 11.6 Å². The van der Waals surface area contributed by atoms with Crippen molar-refractivity contribution in [3.05, 3.63) is 59.1 Å². The molecule has 0 saturated carbocycles. The summed E-state index contributed by atoms with van der Waals surface area (Å²) in [5.74, 6) is 0.585. The largest absolute Gasteiger partial charge is 0.337 e. The molecule has 0 radical (unpaired) electrons. The van der Waals surface area contributed by atoms with Gasteiger partial charge in [-0.3, -0.25) is 0 Å². The maximum atomic E-state index is 14.2. The molecule has 2 aromatic carbocycles. The number of aromatic nitrogens is 2. The Hall–Kier alpha value is -2.24. The number of rotatable bonds is 3. The van der Waals surface area contributed by atoms with E-state index in [-0.39, 0.29) is 5.02 Å². The smallest absolute Gasteiger partial charge is 0.165 e. The summed E-state index contributed by atoms with van der Waals surface area (Å²) in [5.41, 5.74) is 2.37. The number of benzene rings is 2. The predicted molar refractivity (Wildman–Crippen MR) is 94.5 cm³/mol. The van der Waals surface area contributed by atoms with Gasteiger partial charge in [-0.05, 0) is 48.7 Å². The van der Waals surface area contributed by atoms with Crippen LogP contribution in [0.15, 0.2) is 42.7 Å². The Morgan fingerprint density at radius 3 is 2.96 bits per heavy atom. The van der Waals surface area contributed by atoms with Crippen molar-refractivity contribution in [2.24, 2.45) is 0 Å². The molecule has 3 aromatic rings. The van der Waals surface area contributed by atoms with Gasteiger partial charge in [0.05, 0.1) is 16.2 Å². The summed E-state index contributed by atoms with van der Waals surface area (Å²) in [7, 11) is 0. The van der Waals surface area contributed by atoms with Crippen LogP contribution in [0.2, 0.25) is 5.02 Å². The molecule has 122 valence electrons. The Kier molecular flexibility index (Phi) is 4.04. The second-order valence-corrected chi connectivity index (χ2v) is 6.32. The van der Waals surface area contributed by atoms with Gasteiger partial charge in [-0.2, -0.15) is 0 Å². The minimum Gasteiger partial charge on any atom is -0.337 e. The first kappa shape index (κ1) is 15.3. The quantitative estimate of drug-likeness (QED) is 0.747. The molecule has 4 nitrogen and oxygen atoms in total. The van der Waals surface area contributed by atoms with Crippen LogP contribution >= 0.6 is 11.6 Å². The first-order valence-corrected chi connectivity index (χ1v) is 8.26. The van der Waals surface area contributed by atoms with E-state index in [9.17, 15) is 4.39 Å². The third-order valence-electron chi connectivity index (χ3n) is 4.40. The van der Waals surface area contributed by atoms with Gasteiger partial charge < -0.3 is 10.6 Å². The zero-order valence-corrected chi connectivity index (χ0v) is 13.6. The lowest BCUT2D eigenvalue weighted by molar-refractivity contribution is 0.632. The molecule has 2 heterocycles. The van der Waals surface area contributed by atoms with Crippen LogP contribution in [0.25, 0.3) is 10.9 Å². The van der Waals surface area contributed by atoms with Crippen molar-refractivity contribution in [1.82, 2.24) is 15.3 Å². The van der Waals surface area contributed by atoms with E-state index in [1.165, 1.54) is 18.0 Å². The number of halogens is 2. The van der Waals surface area contributed by atoms with Crippen molar-refractivity contribution in [3.63, 3.8) is 0 Å². The fraction of sp³-hybridized carbons (Fsp3) is 0.222. The van der Waals surface area contributed by atoms with Crippen LogP contribution in [0.4, 0.5) is 15.9 Å². The molecule has 4 rings (SSSR count). The highest BCUT2D eigenvalue weighted by atomic mass is 35.5. The molecule has 2 N–H and O–H groups in total. The molecule has 0 bridgehead atoms. The maximum absolute atomic E-state index is 14.2. The van der Waals surface area contributed by atoms with Gasteiger partial charge in [0.1, 0.15) is 12.1 Å². The van der Waals surface area contributed by atoms with Crippen LogP contribution in [0.3, 0.4) is 0 Å². The molecule has 0 amide bonds. The molecule has 1 aliphatic rings. The number of nitrogens with zero attached hydrogens (tertiary/aromatic N) is 2. The van der Waals surface area contributed by atoms with Crippen LogP contribution in [-0.4, -0.2) is 23.1 Å². The second-order valence-electron chi connectivity index (χ2n) is 5.91. The number of hydrogen-bond donors (Lipinski definition) is 2. The van der Waals surface area contributed by atoms with Crippen LogP contribution in [0.5, 0.6) is 0 Å². The summed E-state index contributed by atoms with van der Waals surface area (Å²) in [5, 5.41) is 7.38. The van der Waals surface area contributed by atoms with Crippen molar-refractivity contribution >= 4 is 34.0 Å². The molecule has 24 heavy (non-hydrogen) atoms. The zero-order valence-electron chi connectivity index (χ0n) is 12.9. The van der Waals surface area contributed by atoms with Crippen molar-refractivity contribution in [2.75, 3.05) is 18.4 Å². The van der Waals surface area contributed by atoms with Gasteiger partial charge in [0.25, 0.3) is 0 Å². The number of hydrogen-bond acceptors (Lipinski definition) is 4. The third-order valence-corrected chi connectivity index (χ3v) is 4.69. The molecule has 0 unspecified atom stereocenters. The normalized spacial score (nSPS) is 17.3. The van der Waals surface area contributed by atoms with E-state index >= 15 is 0 Å². The summed E-state index contributed by atoms with van der Waals surface area (Å²) in [6, 6.07) is 11.1. The van der Waals surface area contributed by atoms with E-state index in [0.29, 0.717) is 17.4 Å². The first-order chi connectivity index (χ1) is 11.7. The highest BCUT2D eigenvalue weighted by molar-refractivity contribution is 6.31. The topological polar surface area (TPSA) is 49.8 Å². The van der Waals surface area contributed by atoms with Crippen LogP contribution in [-0.2, 0) is 0 Å². The van der Waals surface area contributed by atoms with Crippen molar-refractivity contribution in [1.29, 1.82) is 0 Å². The van der Waals surface area contributed by atoms with E-state index < -0.39 is 5.82 Å². The van der Waals surface area contributed by atoms with E-state index in [2.05, 4.69) is 32.7 Å². The molecular formula is C18H16ClFN4. The fourth-order valence-corrected chi connectivity index (χ4v) is 3.27. The minimum absolute atomic E-state index is 0.0797. The molecule has 1 aliphatic heterocycles. The zero-order chi connectivity index (χ0) is 16.5. The molecule has 1 atom stereocenters. The summed E-state index contributed by atoms with van der Waals surface area (Å²) in [4.78, 5) is 8.60. The second kappa shape index (κ2) is 6.34. The van der Waals surface area contributed by atoms with Crippen molar-refractivity contribution in [2.45, 2.75) is 12.3 Å². The standard InChI is InChI=1S/C18H16ClFN4/c19-14-2-1-3-16(17(14)20)24-18-13-8-11(12-6-7-21-9-12)4-5-15(13)22-10-23-18/h1-5,8,10,12,21H,6-7,9H2,(H,22,23,24)/t12-/m1/s1. The minimum atomic E-state index is -0.484. The Labute approximate surface area is 144 Å². The molecule has 1 aromatic heterocycles. The lowest BCUT2D eigenvalue weighted by Crippen LogP contribution is -2.08. The average molecular weight is 343 g/mol. The van der Waals surface area contributed by atoms with Gasteiger partial charge in [-0.15, -0.1) is 0 Å². The van der Waals surface area contributed by atoms with Crippen LogP contribution < -0.4 is 10.6 Å². The Balaban J connectivity index is 1.76. The molecule has 1 saturated heterocycles. The van der Waals surface area contributed by atoms with Gasteiger partial charge in [-0.25, -0.2) is 14.4 Å². The maximum Gasteiger partial charge on any atom is 0.165 e. The van der Waals surface area contributed by atoms with E-state index in [1.54, 1.807) is 12.1 Å². The van der Waals surface area contributed by atoms with Gasteiger partial charge in [0.2, 0.25) is 0 Å². The summed E-state index contributed by atoms with van der Waals surface area (Å²) in [6.07, 6.45) is 2.59. The summed E-state index contributed by atoms with van der Waals surface area (Å²) < 4.78 is 14.2. The molecule has 0 spiro atoms. The van der Waals surface area contributed by atoms with E-state index in [0.717, 1.165) is 30.4 Å². The Bertz CT molecular complexity index is 893. The number of anilines is 2. The molecular weight excluding hydrogens is 327 g/mol. The fourth-order valence-electron chi connectivity index (χ4n) is 3.09. The SMILES string of the molecule is Fc1c(Cl)cccc1Nc1ncnc2ccc([C@@H]3CCNC3)cc12. The van der Waals surface area contributed by atoms with Gasteiger partial charge >= 0.3 is 0 Å². The summed E-state index contributed by atoms with van der Waals surface area (Å²) >= 11 is 5.85. The van der Waals surface area contributed by atoms with E-state index in [1.807, 2.05) is 6.07 Å². The monoisotopic (exact) mass is 342 g/mol. The predicted octanol–water partition coefficient (Wildman–Crippen LogP) is 4.24. The van der Waals surface area contributed by atoms with Gasteiger partial charge in [0.15, 0.2) is 5.82 Å². The summed E-state index contributed by atoms with van der Waals surface area (Å²) in [6.45, 7) is 2.01. The average Bonchev–Trinajstić information content (AvgIpc) is 3.13. The Morgan fingerprint density at radius 1 is 1.21 bits per heavy atom. The molecule has 1 fully saturated rings. The highest BCUT2D eigenvalue weighted by Gasteiger charge is 2.18. The first-order valence-electron chi connectivity index (χ1n) is 7.89. The van der Waals surface area contributed by atoms with Crippen molar-refractivity contribution in [3.8, 4) is 0 Å². The number of nitrogens with one attached hydrogen (secondary N) is 2. The lowest BCUT2D eigenvalue weighted by atomic mass is 9.97. The molecule has 6 heteroatoms.